The molecule has 1 atom stereocenters. The number of nitrogens with one attached hydrogen (secondary N) is 1. The van der Waals surface area contributed by atoms with E-state index in [-0.39, 0.29) is 18.4 Å². The summed E-state index contributed by atoms with van der Waals surface area (Å²) in [6, 6.07) is 7.77. The SMILES string of the molecule is CCCCCOc1ccc(NC2=NC(c3cccnc3)CS2)cc1C(F)(F)F. The van der Waals surface area contributed by atoms with E-state index in [4.69, 9.17) is 4.74 Å². The van der Waals surface area contributed by atoms with Crippen molar-refractivity contribution in [2.24, 2.45) is 4.99 Å². The van der Waals surface area contributed by atoms with Crippen LogP contribution in [0.15, 0.2) is 47.7 Å². The van der Waals surface area contributed by atoms with Crippen LogP contribution in [0.2, 0.25) is 0 Å². The van der Waals surface area contributed by atoms with Gasteiger partial charge in [-0.15, -0.1) is 0 Å². The maximum absolute atomic E-state index is 13.5. The Hall–Kier alpha value is -2.22. The first-order valence-corrected chi connectivity index (χ1v) is 10.2. The van der Waals surface area contributed by atoms with Crippen molar-refractivity contribution in [2.45, 2.75) is 38.4 Å². The fourth-order valence-electron chi connectivity index (χ4n) is 2.80. The van der Waals surface area contributed by atoms with Gasteiger partial charge in [-0.25, -0.2) is 0 Å². The quantitative estimate of drug-likeness (QED) is 0.576. The summed E-state index contributed by atoms with van der Waals surface area (Å²) in [5.41, 5.74) is 0.548. The van der Waals surface area contributed by atoms with Crippen LogP contribution in [0.1, 0.15) is 43.4 Å². The molecular weight excluding hydrogens is 387 g/mol. The van der Waals surface area contributed by atoms with Crippen molar-refractivity contribution in [1.82, 2.24) is 4.98 Å². The Morgan fingerprint density at radius 3 is 2.82 bits per heavy atom. The lowest BCUT2D eigenvalue weighted by atomic mass is 10.1. The number of amidine groups is 1. The molecule has 8 heteroatoms. The number of anilines is 1. The summed E-state index contributed by atoms with van der Waals surface area (Å²) < 4.78 is 45.7. The van der Waals surface area contributed by atoms with Gasteiger partial charge in [0, 0.05) is 23.8 Å². The van der Waals surface area contributed by atoms with Crippen LogP contribution in [0.5, 0.6) is 5.75 Å². The van der Waals surface area contributed by atoms with Crippen molar-refractivity contribution < 1.29 is 17.9 Å². The smallest absolute Gasteiger partial charge is 0.420 e. The average Bonchev–Trinajstić information content (AvgIpc) is 3.14. The van der Waals surface area contributed by atoms with Crippen LogP contribution in [0, 0.1) is 0 Å². The van der Waals surface area contributed by atoms with Gasteiger partial charge >= 0.3 is 6.18 Å². The van der Waals surface area contributed by atoms with Gasteiger partial charge in [-0.2, -0.15) is 13.2 Å². The average molecular weight is 409 g/mol. The molecule has 0 radical (unpaired) electrons. The molecule has 1 aliphatic heterocycles. The van der Waals surface area contributed by atoms with Gasteiger partial charge in [0.1, 0.15) is 5.75 Å². The second-order valence-electron chi connectivity index (χ2n) is 6.44. The second kappa shape index (κ2) is 9.32. The molecule has 1 unspecified atom stereocenters. The standard InChI is InChI=1S/C20H22F3N3OS/c1-2-3-4-10-27-18-8-7-15(11-16(18)20(21,22)23)25-19-26-17(13-28-19)14-6-5-9-24-12-14/h5-9,11-12,17H,2-4,10,13H2,1H3,(H,25,26). The zero-order valence-electron chi connectivity index (χ0n) is 15.5. The van der Waals surface area contributed by atoms with Crippen LogP contribution in [-0.4, -0.2) is 22.5 Å². The number of hydrogen-bond acceptors (Lipinski definition) is 5. The summed E-state index contributed by atoms with van der Waals surface area (Å²) in [6.45, 7) is 2.31. The molecule has 0 aliphatic carbocycles. The first-order valence-electron chi connectivity index (χ1n) is 9.19. The molecule has 1 aromatic heterocycles. The number of benzene rings is 1. The Balaban J connectivity index is 1.72. The number of aromatic nitrogens is 1. The van der Waals surface area contributed by atoms with E-state index < -0.39 is 11.7 Å². The molecule has 1 aliphatic rings. The fraction of sp³-hybridized carbons (Fsp3) is 0.400. The highest BCUT2D eigenvalue weighted by Crippen LogP contribution is 2.38. The number of ether oxygens (including phenoxy) is 1. The summed E-state index contributed by atoms with van der Waals surface area (Å²) in [5, 5.41) is 3.59. The van der Waals surface area contributed by atoms with Crippen LogP contribution >= 0.6 is 11.8 Å². The Bertz CT molecular complexity index is 812. The largest absolute Gasteiger partial charge is 0.493 e. The number of hydrogen-bond donors (Lipinski definition) is 1. The third kappa shape index (κ3) is 5.41. The van der Waals surface area contributed by atoms with E-state index in [1.807, 2.05) is 19.1 Å². The molecular formula is C20H22F3N3OS. The highest BCUT2D eigenvalue weighted by Gasteiger charge is 2.35. The van der Waals surface area contributed by atoms with E-state index in [2.05, 4.69) is 15.3 Å². The molecule has 1 aromatic carbocycles. The first-order chi connectivity index (χ1) is 13.5. The number of rotatable bonds is 7. The normalized spacial score (nSPS) is 16.7. The Kier molecular flexibility index (Phi) is 6.83. The van der Waals surface area contributed by atoms with Crippen LogP contribution in [0.25, 0.3) is 0 Å². The van der Waals surface area contributed by atoms with E-state index in [1.165, 1.54) is 17.8 Å². The minimum absolute atomic E-state index is 0.0514. The maximum atomic E-state index is 13.5. The van der Waals surface area contributed by atoms with E-state index >= 15 is 0 Å². The van der Waals surface area contributed by atoms with E-state index in [0.29, 0.717) is 10.9 Å². The number of nitrogens with zero attached hydrogens (tertiary/aromatic N) is 2. The van der Waals surface area contributed by atoms with Gasteiger partial charge in [0.05, 0.1) is 18.2 Å². The molecule has 0 saturated carbocycles. The molecule has 4 nitrogen and oxygen atoms in total. The molecule has 2 heterocycles. The van der Waals surface area contributed by atoms with Crippen molar-refractivity contribution in [3.8, 4) is 5.75 Å². The van der Waals surface area contributed by atoms with Gasteiger partial charge in [0.15, 0.2) is 5.17 Å². The fourth-order valence-corrected chi connectivity index (χ4v) is 3.77. The van der Waals surface area contributed by atoms with Crippen LogP contribution in [0.4, 0.5) is 18.9 Å². The third-order valence-electron chi connectivity index (χ3n) is 4.26. The molecule has 1 N–H and O–H groups in total. The first kappa shape index (κ1) is 20.5. The molecule has 0 spiro atoms. The number of halogens is 3. The lowest BCUT2D eigenvalue weighted by molar-refractivity contribution is -0.138. The lowest BCUT2D eigenvalue weighted by Gasteiger charge is -2.16. The zero-order chi connectivity index (χ0) is 20.0. The monoisotopic (exact) mass is 409 g/mol. The highest BCUT2D eigenvalue weighted by molar-refractivity contribution is 8.14. The van der Waals surface area contributed by atoms with Gasteiger partial charge in [-0.3, -0.25) is 9.98 Å². The number of unbranched alkanes of at least 4 members (excludes halogenated alkanes) is 2. The van der Waals surface area contributed by atoms with Crippen molar-refractivity contribution in [3.63, 3.8) is 0 Å². The summed E-state index contributed by atoms with van der Waals surface area (Å²) >= 11 is 1.48. The predicted octanol–water partition coefficient (Wildman–Crippen LogP) is 5.93. The van der Waals surface area contributed by atoms with E-state index in [1.54, 1.807) is 18.5 Å². The molecule has 0 amide bonds. The topological polar surface area (TPSA) is 46.5 Å². The van der Waals surface area contributed by atoms with Crippen LogP contribution < -0.4 is 10.1 Å². The number of pyridine rings is 1. The number of alkyl halides is 3. The van der Waals surface area contributed by atoms with Crippen LogP contribution in [0.3, 0.4) is 0 Å². The molecule has 28 heavy (non-hydrogen) atoms. The second-order valence-corrected chi connectivity index (χ2v) is 7.45. The molecule has 2 aromatic rings. The van der Waals surface area contributed by atoms with Crippen molar-refractivity contribution in [1.29, 1.82) is 0 Å². The number of aliphatic imine (C=N–C) groups is 1. The minimum atomic E-state index is -4.49. The van der Waals surface area contributed by atoms with Crippen LogP contribution in [-0.2, 0) is 6.18 Å². The van der Waals surface area contributed by atoms with E-state index in [0.717, 1.165) is 36.6 Å². The predicted molar refractivity (Wildman–Crippen MR) is 107 cm³/mol. The Morgan fingerprint density at radius 2 is 2.11 bits per heavy atom. The maximum Gasteiger partial charge on any atom is 0.420 e. The summed E-state index contributed by atoms with van der Waals surface area (Å²) in [4.78, 5) is 8.64. The molecule has 0 fully saturated rings. The molecule has 3 rings (SSSR count). The van der Waals surface area contributed by atoms with Gasteiger partial charge in [0.25, 0.3) is 0 Å². The minimum Gasteiger partial charge on any atom is -0.493 e. The third-order valence-corrected chi connectivity index (χ3v) is 5.23. The summed E-state index contributed by atoms with van der Waals surface area (Å²) in [5.74, 6) is 0.585. The summed E-state index contributed by atoms with van der Waals surface area (Å²) in [7, 11) is 0. The number of thioether (sulfide) groups is 1. The van der Waals surface area contributed by atoms with Gasteiger partial charge < -0.3 is 10.1 Å². The van der Waals surface area contributed by atoms with E-state index in [9.17, 15) is 13.2 Å². The van der Waals surface area contributed by atoms with Gasteiger partial charge in [-0.1, -0.05) is 37.6 Å². The van der Waals surface area contributed by atoms with Crippen molar-refractivity contribution >= 4 is 22.6 Å². The molecule has 0 saturated heterocycles. The Labute approximate surface area is 166 Å². The lowest BCUT2D eigenvalue weighted by Crippen LogP contribution is -2.12. The Morgan fingerprint density at radius 1 is 1.25 bits per heavy atom. The zero-order valence-corrected chi connectivity index (χ0v) is 16.3. The molecule has 0 bridgehead atoms. The summed E-state index contributed by atoms with van der Waals surface area (Å²) in [6.07, 6.45) is 1.61. The molecule has 150 valence electrons. The van der Waals surface area contributed by atoms with Gasteiger partial charge in [-0.05, 0) is 36.2 Å². The van der Waals surface area contributed by atoms with Crippen molar-refractivity contribution in [2.75, 3.05) is 17.7 Å². The highest BCUT2D eigenvalue weighted by atomic mass is 32.2. The van der Waals surface area contributed by atoms with Gasteiger partial charge in [0.2, 0.25) is 0 Å². The van der Waals surface area contributed by atoms with Crippen molar-refractivity contribution in [3.05, 3.63) is 53.9 Å².